The predicted molar refractivity (Wildman–Crippen MR) is 94.5 cm³/mol. The third-order valence-corrected chi connectivity index (χ3v) is 5.36. The fourth-order valence-electron chi connectivity index (χ4n) is 3.89. The van der Waals surface area contributed by atoms with Crippen molar-refractivity contribution in [2.24, 2.45) is 11.8 Å². The molecule has 1 saturated carbocycles. The molecule has 24 heavy (non-hydrogen) atoms. The molecular formula is C20H29NO3. The van der Waals surface area contributed by atoms with Gasteiger partial charge in [-0.1, -0.05) is 32.1 Å². The van der Waals surface area contributed by atoms with E-state index in [0.29, 0.717) is 6.61 Å². The fraction of sp³-hybridized carbons (Fsp3) is 0.650. The van der Waals surface area contributed by atoms with E-state index in [-0.39, 0.29) is 11.8 Å². The van der Waals surface area contributed by atoms with Crippen LogP contribution in [0.15, 0.2) is 18.2 Å². The lowest BCUT2D eigenvalue weighted by Gasteiger charge is -2.25. The van der Waals surface area contributed by atoms with Gasteiger partial charge in [0.05, 0.1) is 13.0 Å². The van der Waals surface area contributed by atoms with Gasteiger partial charge in [-0.05, 0) is 48.9 Å². The SMILES string of the molecule is COc1ccc2c(c1)CC(C(=O)NCCCC1CCCCC1)CO2. The first-order chi connectivity index (χ1) is 11.8. The number of ether oxygens (including phenoxy) is 2. The molecule has 1 unspecified atom stereocenters. The number of nitrogens with one attached hydrogen (secondary N) is 1. The standard InChI is InChI=1S/C20H29NO3/c1-23-18-9-10-19-16(13-18)12-17(14-24-19)20(22)21-11-5-8-15-6-3-2-4-7-15/h9-10,13,15,17H,2-8,11-12,14H2,1H3,(H,21,22). The van der Waals surface area contributed by atoms with E-state index < -0.39 is 0 Å². The van der Waals surface area contributed by atoms with Crippen molar-refractivity contribution in [1.29, 1.82) is 0 Å². The van der Waals surface area contributed by atoms with Gasteiger partial charge >= 0.3 is 0 Å². The minimum atomic E-state index is -0.0979. The zero-order chi connectivity index (χ0) is 16.8. The Bertz CT molecular complexity index is 552. The number of benzene rings is 1. The van der Waals surface area contributed by atoms with Crippen LogP contribution in [0.4, 0.5) is 0 Å². The summed E-state index contributed by atoms with van der Waals surface area (Å²) in [5.41, 5.74) is 1.06. The molecule has 132 valence electrons. The minimum absolute atomic E-state index is 0.0979. The molecule has 1 aliphatic carbocycles. The van der Waals surface area contributed by atoms with E-state index in [4.69, 9.17) is 9.47 Å². The topological polar surface area (TPSA) is 47.6 Å². The van der Waals surface area contributed by atoms with Gasteiger partial charge in [0.1, 0.15) is 18.1 Å². The Morgan fingerprint density at radius 1 is 1.29 bits per heavy atom. The van der Waals surface area contributed by atoms with E-state index >= 15 is 0 Å². The summed E-state index contributed by atoms with van der Waals surface area (Å²) in [5, 5.41) is 3.10. The van der Waals surface area contributed by atoms with Crippen LogP contribution in [0.2, 0.25) is 0 Å². The van der Waals surface area contributed by atoms with Crippen molar-refractivity contribution in [3.05, 3.63) is 23.8 Å². The first-order valence-corrected chi connectivity index (χ1v) is 9.33. The van der Waals surface area contributed by atoms with Gasteiger partial charge in [-0.2, -0.15) is 0 Å². The minimum Gasteiger partial charge on any atom is -0.497 e. The van der Waals surface area contributed by atoms with Crippen molar-refractivity contribution in [2.75, 3.05) is 20.3 Å². The van der Waals surface area contributed by atoms with Crippen LogP contribution >= 0.6 is 0 Å². The first kappa shape index (κ1) is 17.1. The van der Waals surface area contributed by atoms with Crippen molar-refractivity contribution < 1.29 is 14.3 Å². The first-order valence-electron chi connectivity index (χ1n) is 9.33. The molecule has 4 heteroatoms. The summed E-state index contributed by atoms with van der Waals surface area (Å²) in [6, 6.07) is 5.79. The molecule has 1 heterocycles. The quantitative estimate of drug-likeness (QED) is 0.808. The molecule has 1 aliphatic heterocycles. The highest BCUT2D eigenvalue weighted by Gasteiger charge is 2.26. The summed E-state index contributed by atoms with van der Waals surface area (Å²) < 4.78 is 11.0. The van der Waals surface area contributed by atoms with E-state index in [1.165, 1.54) is 38.5 Å². The lowest BCUT2D eigenvalue weighted by Crippen LogP contribution is -2.37. The molecule has 1 N–H and O–H groups in total. The summed E-state index contributed by atoms with van der Waals surface area (Å²) in [7, 11) is 1.65. The second-order valence-corrected chi connectivity index (χ2v) is 7.12. The number of carbonyl (C=O) groups excluding carboxylic acids is 1. The van der Waals surface area contributed by atoms with E-state index in [1.54, 1.807) is 7.11 Å². The molecule has 0 spiro atoms. The van der Waals surface area contributed by atoms with Crippen LogP contribution in [0.3, 0.4) is 0 Å². The third kappa shape index (κ3) is 4.43. The van der Waals surface area contributed by atoms with E-state index in [2.05, 4.69) is 5.32 Å². The molecule has 1 aromatic carbocycles. The summed E-state index contributed by atoms with van der Waals surface area (Å²) in [6.45, 7) is 1.25. The number of hydrogen-bond donors (Lipinski definition) is 1. The number of rotatable bonds is 6. The Labute approximate surface area is 144 Å². The number of methoxy groups -OCH3 is 1. The molecule has 0 aromatic heterocycles. The molecule has 1 atom stereocenters. The van der Waals surface area contributed by atoms with Crippen molar-refractivity contribution >= 4 is 5.91 Å². The Balaban J connectivity index is 1.42. The smallest absolute Gasteiger partial charge is 0.226 e. The van der Waals surface area contributed by atoms with Crippen LogP contribution < -0.4 is 14.8 Å². The Hall–Kier alpha value is -1.71. The van der Waals surface area contributed by atoms with Crippen LogP contribution in [0.1, 0.15) is 50.5 Å². The van der Waals surface area contributed by atoms with Crippen LogP contribution in [-0.2, 0) is 11.2 Å². The second kappa shape index (κ2) is 8.41. The summed E-state index contributed by atoms with van der Waals surface area (Å²) in [6.07, 6.45) is 10.0. The molecule has 2 aliphatic rings. The van der Waals surface area contributed by atoms with Gasteiger partial charge in [0, 0.05) is 6.54 Å². The average molecular weight is 331 g/mol. The molecule has 4 nitrogen and oxygen atoms in total. The predicted octanol–water partition coefficient (Wildman–Crippen LogP) is 3.72. The number of fused-ring (bicyclic) bond motifs is 1. The lowest BCUT2D eigenvalue weighted by molar-refractivity contribution is -0.126. The molecule has 0 bridgehead atoms. The maximum atomic E-state index is 12.4. The largest absolute Gasteiger partial charge is 0.497 e. The third-order valence-electron chi connectivity index (χ3n) is 5.36. The maximum Gasteiger partial charge on any atom is 0.226 e. The van der Waals surface area contributed by atoms with Crippen molar-refractivity contribution in [1.82, 2.24) is 5.32 Å². The van der Waals surface area contributed by atoms with Crippen LogP contribution in [0.25, 0.3) is 0 Å². The van der Waals surface area contributed by atoms with Gasteiger partial charge < -0.3 is 14.8 Å². The molecule has 0 radical (unpaired) electrons. The fourth-order valence-corrected chi connectivity index (χ4v) is 3.89. The van der Waals surface area contributed by atoms with Gasteiger partial charge in [0.15, 0.2) is 0 Å². The zero-order valence-corrected chi connectivity index (χ0v) is 14.7. The van der Waals surface area contributed by atoms with Crippen molar-refractivity contribution in [3.8, 4) is 11.5 Å². The van der Waals surface area contributed by atoms with Gasteiger partial charge in [-0.3, -0.25) is 4.79 Å². The van der Waals surface area contributed by atoms with Crippen molar-refractivity contribution in [3.63, 3.8) is 0 Å². The molecule has 0 saturated heterocycles. The van der Waals surface area contributed by atoms with E-state index in [1.807, 2.05) is 18.2 Å². The van der Waals surface area contributed by atoms with E-state index in [0.717, 1.165) is 42.4 Å². The Morgan fingerprint density at radius 2 is 2.12 bits per heavy atom. The molecule has 1 fully saturated rings. The normalized spacial score (nSPS) is 20.8. The highest BCUT2D eigenvalue weighted by molar-refractivity contribution is 5.79. The lowest BCUT2D eigenvalue weighted by atomic mass is 9.86. The second-order valence-electron chi connectivity index (χ2n) is 7.12. The zero-order valence-electron chi connectivity index (χ0n) is 14.7. The average Bonchev–Trinajstić information content (AvgIpc) is 2.65. The Morgan fingerprint density at radius 3 is 2.92 bits per heavy atom. The van der Waals surface area contributed by atoms with Crippen molar-refractivity contribution in [2.45, 2.75) is 51.4 Å². The van der Waals surface area contributed by atoms with Crippen LogP contribution in [0, 0.1) is 11.8 Å². The number of hydrogen-bond acceptors (Lipinski definition) is 3. The van der Waals surface area contributed by atoms with Crippen LogP contribution in [0.5, 0.6) is 11.5 Å². The number of carbonyl (C=O) groups is 1. The maximum absolute atomic E-state index is 12.4. The van der Waals surface area contributed by atoms with Gasteiger partial charge in [0.2, 0.25) is 5.91 Å². The highest BCUT2D eigenvalue weighted by Crippen LogP contribution is 2.31. The summed E-state index contributed by atoms with van der Waals surface area (Å²) in [5.74, 6) is 2.59. The van der Waals surface area contributed by atoms with Gasteiger partial charge in [-0.15, -0.1) is 0 Å². The summed E-state index contributed by atoms with van der Waals surface area (Å²) in [4.78, 5) is 12.4. The van der Waals surface area contributed by atoms with Gasteiger partial charge in [0.25, 0.3) is 0 Å². The molecule has 1 aromatic rings. The van der Waals surface area contributed by atoms with Crippen LogP contribution in [-0.4, -0.2) is 26.2 Å². The molecular weight excluding hydrogens is 302 g/mol. The van der Waals surface area contributed by atoms with E-state index in [9.17, 15) is 4.79 Å². The molecule has 1 amide bonds. The highest BCUT2D eigenvalue weighted by atomic mass is 16.5. The number of amides is 1. The van der Waals surface area contributed by atoms with Gasteiger partial charge in [-0.25, -0.2) is 0 Å². The summed E-state index contributed by atoms with van der Waals surface area (Å²) >= 11 is 0. The Kier molecular flexibility index (Phi) is 6.00. The monoisotopic (exact) mass is 331 g/mol. The molecule has 3 rings (SSSR count).